The van der Waals surface area contributed by atoms with E-state index in [1.807, 2.05) is 12.1 Å². The van der Waals surface area contributed by atoms with Gasteiger partial charge in [0, 0.05) is 11.0 Å². The van der Waals surface area contributed by atoms with Gasteiger partial charge in [0.05, 0.1) is 17.9 Å². The van der Waals surface area contributed by atoms with Gasteiger partial charge in [-0.25, -0.2) is 0 Å². The summed E-state index contributed by atoms with van der Waals surface area (Å²) in [6.07, 6.45) is 1.08. The molecule has 0 saturated carbocycles. The highest BCUT2D eigenvalue weighted by molar-refractivity contribution is 5.68. The minimum Gasteiger partial charge on any atom is -0.491 e. The Morgan fingerprint density at radius 3 is 2.89 bits per heavy atom. The van der Waals surface area contributed by atoms with Crippen molar-refractivity contribution in [1.82, 2.24) is 9.78 Å². The number of hydrogen-bond acceptors (Lipinski definition) is 2. The molecule has 0 aliphatic carbocycles. The zero-order valence-corrected chi connectivity index (χ0v) is 11.8. The molecule has 3 heteroatoms. The summed E-state index contributed by atoms with van der Waals surface area (Å²) in [4.78, 5) is 0. The second-order valence-electron chi connectivity index (χ2n) is 5.72. The molecular weight excluding hydrogens is 236 g/mol. The molecule has 1 aromatic carbocycles. The van der Waals surface area contributed by atoms with Crippen LogP contribution in [-0.4, -0.2) is 16.4 Å². The van der Waals surface area contributed by atoms with Crippen LogP contribution in [0.3, 0.4) is 0 Å². The fourth-order valence-corrected chi connectivity index (χ4v) is 2.36. The predicted molar refractivity (Wildman–Crippen MR) is 76.5 cm³/mol. The van der Waals surface area contributed by atoms with Gasteiger partial charge in [-0.3, -0.25) is 4.68 Å². The van der Waals surface area contributed by atoms with E-state index in [2.05, 4.69) is 43.7 Å². The van der Waals surface area contributed by atoms with Gasteiger partial charge in [0.25, 0.3) is 0 Å². The molecule has 0 saturated heterocycles. The van der Waals surface area contributed by atoms with E-state index in [4.69, 9.17) is 9.84 Å². The highest BCUT2D eigenvalue weighted by atomic mass is 16.5. The predicted octanol–water partition coefficient (Wildman–Crippen LogP) is 3.63. The number of para-hydroxylation sites is 1. The highest BCUT2D eigenvalue weighted by Gasteiger charge is 2.25. The Bertz CT molecular complexity index is 599. The Kier molecular flexibility index (Phi) is 2.85. The molecule has 0 unspecified atom stereocenters. The number of rotatable bonds is 2. The topological polar surface area (TPSA) is 27.1 Å². The third kappa shape index (κ3) is 2.03. The fourth-order valence-electron chi connectivity index (χ4n) is 2.36. The summed E-state index contributed by atoms with van der Waals surface area (Å²) in [5.41, 5.74) is 3.60. The van der Waals surface area contributed by atoms with Gasteiger partial charge in [0.1, 0.15) is 12.4 Å². The third-order valence-electron chi connectivity index (χ3n) is 4.08. The molecule has 100 valence electrons. The average molecular weight is 256 g/mol. The van der Waals surface area contributed by atoms with E-state index in [1.165, 1.54) is 11.4 Å². The Morgan fingerprint density at radius 1 is 1.32 bits per heavy atom. The lowest BCUT2D eigenvalue weighted by Gasteiger charge is -2.19. The average Bonchev–Trinajstić information content (AvgIpc) is 2.77. The van der Waals surface area contributed by atoms with E-state index in [0.717, 1.165) is 24.3 Å². The first-order valence-corrected chi connectivity index (χ1v) is 6.92. The fraction of sp³-hybridized carbons (Fsp3) is 0.438. The standard InChI is InChI=1S/C16H20N2O/c1-4-16(2,3)15-11-13-12-7-5-6-8-14(12)19-10-9-18(13)17-15/h5-8,11H,4,9-10H2,1-3H3. The van der Waals surface area contributed by atoms with Crippen LogP contribution in [0.15, 0.2) is 30.3 Å². The van der Waals surface area contributed by atoms with Crippen LogP contribution in [0.2, 0.25) is 0 Å². The molecule has 0 radical (unpaired) electrons. The number of aromatic nitrogens is 2. The third-order valence-corrected chi connectivity index (χ3v) is 4.08. The zero-order valence-electron chi connectivity index (χ0n) is 11.8. The number of benzene rings is 1. The Labute approximate surface area is 114 Å². The van der Waals surface area contributed by atoms with Crippen LogP contribution in [0.4, 0.5) is 0 Å². The number of nitrogens with zero attached hydrogens (tertiary/aromatic N) is 2. The first kappa shape index (κ1) is 12.3. The van der Waals surface area contributed by atoms with Crippen LogP contribution in [0.25, 0.3) is 11.3 Å². The van der Waals surface area contributed by atoms with E-state index in [9.17, 15) is 0 Å². The highest BCUT2D eigenvalue weighted by Crippen LogP contribution is 2.35. The first-order valence-electron chi connectivity index (χ1n) is 6.92. The number of fused-ring (bicyclic) bond motifs is 3. The summed E-state index contributed by atoms with van der Waals surface area (Å²) in [6, 6.07) is 10.4. The molecule has 1 aliphatic heterocycles. The van der Waals surface area contributed by atoms with Crippen molar-refractivity contribution in [3.05, 3.63) is 36.0 Å². The van der Waals surface area contributed by atoms with Crippen molar-refractivity contribution >= 4 is 0 Å². The van der Waals surface area contributed by atoms with Gasteiger partial charge in [-0.2, -0.15) is 5.10 Å². The Morgan fingerprint density at radius 2 is 2.11 bits per heavy atom. The van der Waals surface area contributed by atoms with E-state index in [0.29, 0.717) is 6.61 Å². The largest absolute Gasteiger partial charge is 0.491 e. The molecule has 2 aromatic rings. The normalized spacial score (nSPS) is 14.3. The summed E-state index contributed by atoms with van der Waals surface area (Å²) >= 11 is 0. The van der Waals surface area contributed by atoms with E-state index in [1.54, 1.807) is 0 Å². The van der Waals surface area contributed by atoms with Crippen molar-refractivity contribution in [1.29, 1.82) is 0 Å². The quantitative estimate of drug-likeness (QED) is 0.820. The van der Waals surface area contributed by atoms with Crippen molar-refractivity contribution in [3.63, 3.8) is 0 Å². The van der Waals surface area contributed by atoms with Crippen molar-refractivity contribution in [2.24, 2.45) is 0 Å². The molecule has 0 fully saturated rings. The molecule has 0 atom stereocenters. The molecular formula is C16H20N2O. The summed E-state index contributed by atoms with van der Waals surface area (Å²) in [5.74, 6) is 0.960. The molecule has 3 nitrogen and oxygen atoms in total. The maximum absolute atomic E-state index is 5.78. The second-order valence-corrected chi connectivity index (χ2v) is 5.72. The summed E-state index contributed by atoms with van der Waals surface area (Å²) in [5, 5.41) is 4.79. The molecule has 0 spiro atoms. The van der Waals surface area contributed by atoms with Crippen molar-refractivity contribution < 1.29 is 4.74 Å². The SMILES string of the molecule is CCC(C)(C)c1cc2n(n1)CCOc1ccccc1-2. The van der Waals surface area contributed by atoms with Crippen LogP contribution in [0.5, 0.6) is 5.75 Å². The van der Waals surface area contributed by atoms with Gasteiger partial charge >= 0.3 is 0 Å². The van der Waals surface area contributed by atoms with Crippen LogP contribution < -0.4 is 4.74 Å². The Balaban J connectivity index is 2.14. The van der Waals surface area contributed by atoms with Crippen LogP contribution in [0, 0.1) is 0 Å². The van der Waals surface area contributed by atoms with Crippen molar-refractivity contribution in [2.75, 3.05) is 6.61 Å². The van der Waals surface area contributed by atoms with Crippen LogP contribution >= 0.6 is 0 Å². The molecule has 1 aromatic heterocycles. The summed E-state index contributed by atoms with van der Waals surface area (Å²) < 4.78 is 7.86. The lowest BCUT2D eigenvalue weighted by atomic mass is 9.86. The zero-order chi connectivity index (χ0) is 13.5. The summed E-state index contributed by atoms with van der Waals surface area (Å²) in [6.45, 7) is 8.19. The van der Waals surface area contributed by atoms with Gasteiger partial charge in [-0.1, -0.05) is 32.9 Å². The van der Waals surface area contributed by atoms with Crippen LogP contribution in [-0.2, 0) is 12.0 Å². The second kappa shape index (κ2) is 4.41. The van der Waals surface area contributed by atoms with Gasteiger partial charge < -0.3 is 4.74 Å². The van der Waals surface area contributed by atoms with Gasteiger partial charge in [0.2, 0.25) is 0 Å². The van der Waals surface area contributed by atoms with Gasteiger partial charge in [-0.15, -0.1) is 0 Å². The smallest absolute Gasteiger partial charge is 0.128 e. The van der Waals surface area contributed by atoms with Crippen molar-refractivity contribution in [3.8, 4) is 17.0 Å². The molecule has 0 bridgehead atoms. The minimum absolute atomic E-state index is 0.120. The summed E-state index contributed by atoms with van der Waals surface area (Å²) in [7, 11) is 0. The maximum atomic E-state index is 5.78. The number of ether oxygens (including phenoxy) is 1. The van der Waals surface area contributed by atoms with Gasteiger partial charge in [0.15, 0.2) is 0 Å². The van der Waals surface area contributed by atoms with Crippen molar-refractivity contribution in [2.45, 2.75) is 39.2 Å². The molecule has 19 heavy (non-hydrogen) atoms. The maximum Gasteiger partial charge on any atom is 0.128 e. The molecule has 3 rings (SSSR count). The first-order chi connectivity index (χ1) is 9.12. The molecule has 2 heterocycles. The molecule has 1 aliphatic rings. The molecule has 0 N–H and O–H groups in total. The van der Waals surface area contributed by atoms with E-state index < -0.39 is 0 Å². The Hall–Kier alpha value is -1.77. The van der Waals surface area contributed by atoms with E-state index >= 15 is 0 Å². The minimum atomic E-state index is 0.120. The molecule has 0 amide bonds. The lowest BCUT2D eigenvalue weighted by Crippen LogP contribution is -2.17. The van der Waals surface area contributed by atoms with Gasteiger partial charge in [-0.05, 0) is 24.6 Å². The van der Waals surface area contributed by atoms with E-state index in [-0.39, 0.29) is 5.41 Å². The lowest BCUT2D eigenvalue weighted by molar-refractivity contribution is 0.299. The number of hydrogen-bond donors (Lipinski definition) is 0. The van der Waals surface area contributed by atoms with Crippen LogP contribution in [0.1, 0.15) is 32.9 Å². The monoisotopic (exact) mass is 256 g/mol.